The molecule has 0 bridgehead atoms. The highest BCUT2D eigenvalue weighted by molar-refractivity contribution is 7.99. The summed E-state index contributed by atoms with van der Waals surface area (Å²) >= 11 is 1.46. The third-order valence-electron chi connectivity index (χ3n) is 5.26. The Kier molecular flexibility index (Phi) is 4.89. The molecule has 0 atom stereocenters. The van der Waals surface area contributed by atoms with E-state index < -0.39 is 0 Å². The Labute approximate surface area is 172 Å². The lowest BCUT2D eigenvalue weighted by atomic mass is 9.95. The zero-order chi connectivity index (χ0) is 19.6. The van der Waals surface area contributed by atoms with E-state index in [1.807, 2.05) is 36.4 Å². The van der Waals surface area contributed by atoms with Crippen molar-refractivity contribution in [2.45, 2.75) is 48.1 Å². The predicted molar refractivity (Wildman–Crippen MR) is 111 cm³/mol. The molecule has 146 valence electrons. The third-order valence-corrected chi connectivity index (χ3v) is 6.30. The fourth-order valence-corrected chi connectivity index (χ4v) is 4.65. The summed E-state index contributed by atoms with van der Waals surface area (Å²) in [5.41, 5.74) is 3.36. The number of fused-ring (bicyclic) bond motifs is 2. The average molecular weight is 404 g/mol. The molecule has 0 saturated heterocycles. The van der Waals surface area contributed by atoms with E-state index in [4.69, 9.17) is 9.41 Å². The molecule has 7 heteroatoms. The number of pyridine rings is 1. The van der Waals surface area contributed by atoms with Gasteiger partial charge in [0, 0.05) is 22.7 Å². The number of aliphatic imine (C=N–C) groups is 1. The van der Waals surface area contributed by atoms with Gasteiger partial charge >= 0.3 is 0 Å². The summed E-state index contributed by atoms with van der Waals surface area (Å²) in [5.74, 6) is -0.0432. The number of hydrogen-bond acceptors (Lipinski definition) is 6. The lowest BCUT2D eigenvalue weighted by Crippen LogP contribution is -2.36. The molecule has 1 aliphatic carbocycles. The lowest BCUT2D eigenvalue weighted by molar-refractivity contribution is 0.0927. The molecule has 0 spiro atoms. The van der Waals surface area contributed by atoms with Crippen molar-refractivity contribution in [3.8, 4) is 0 Å². The molecule has 1 aromatic carbocycles. The van der Waals surface area contributed by atoms with Crippen molar-refractivity contribution in [2.24, 2.45) is 4.99 Å². The predicted octanol–water partition coefficient (Wildman–Crippen LogP) is 4.77. The highest BCUT2D eigenvalue weighted by Gasteiger charge is 2.25. The van der Waals surface area contributed by atoms with E-state index >= 15 is 0 Å². The summed E-state index contributed by atoms with van der Waals surface area (Å²) in [5, 5.41) is 3.85. The number of nitrogens with zero attached hydrogens (tertiary/aromatic N) is 3. The van der Waals surface area contributed by atoms with Crippen LogP contribution in [0, 0.1) is 0 Å². The maximum absolute atomic E-state index is 12.8. The van der Waals surface area contributed by atoms with Crippen molar-refractivity contribution >= 4 is 29.1 Å². The van der Waals surface area contributed by atoms with Crippen LogP contribution < -0.4 is 5.32 Å². The van der Waals surface area contributed by atoms with Crippen molar-refractivity contribution in [1.29, 1.82) is 0 Å². The van der Waals surface area contributed by atoms with Gasteiger partial charge in [-0.2, -0.15) is 0 Å². The molecule has 2 aliphatic rings. The number of nitrogens with one attached hydrogen (secondary N) is 1. The smallest absolute Gasteiger partial charge is 0.251 e. The highest BCUT2D eigenvalue weighted by atomic mass is 32.2. The van der Waals surface area contributed by atoms with Gasteiger partial charge in [0.05, 0.1) is 11.4 Å². The van der Waals surface area contributed by atoms with Crippen LogP contribution in [0.4, 0.5) is 5.69 Å². The zero-order valence-corrected chi connectivity index (χ0v) is 16.6. The largest absolute Gasteiger partial charge is 0.436 e. The minimum absolute atomic E-state index is 0.0432. The fourth-order valence-electron chi connectivity index (χ4n) is 3.77. The van der Waals surface area contributed by atoms with Crippen LogP contribution in [-0.2, 0) is 0 Å². The van der Waals surface area contributed by atoms with Crippen LogP contribution in [0.3, 0.4) is 0 Å². The van der Waals surface area contributed by atoms with Crippen LogP contribution in [0.2, 0.25) is 0 Å². The number of aromatic nitrogens is 2. The number of rotatable bonds is 3. The maximum atomic E-state index is 12.8. The number of carbonyl (C=O) groups is 1. The average Bonchev–Trinajstić information content (AvgIpc) is 3.16. The highest BCUT2D eigenvalue weighted by Crippen LogP contribution is 2.41. The Balaban J connectivity index is 1.51. The van der Waals surface area contributed by atoms with Crippen LogP contribution >= 0.6 is 11.8 Å². The first-order valence-electron chi connectivity index (χ1n) is 9.84. The van der Waals surface area contributed by atoms with Gasteiger partial charge in [0.2, 0.25) is 0 Å². The van der Waals surface area contributed by atoms with E-state index in [2.05, 4.69) is 15.3 Å². The van der Waals surface area contributed by atoms with Gasteiger partial charge in [-0.25, -0.2) is 9.98 Å². The molecule has 3 heterocycles. The SMILES string of the molecule is O=C(NC1CCCCC1)c1ccc2c(c1)N=C(c1ccccn1)c1ncoc1S2. The molecule has 1 fully saturated rings. The first-order valence-corrected chi connectivity index (χ1v) is 10.7. The molecule has 0 radical (unpaired) electrons. The van der Waals surface area contributed by atoms with Gasteiger partial charge in [0.25, 0.3) is 5.91 Å². The van der Waals surface area contributed by atoms with Crippen molar-refractivity contribution in [3.63, 3.8) is 0 Å². The van der Waals surface area contributed by atoms with Crippen LogP contribution in [0.15, 0.2) is 68.4 Å². The number of carbonyl (C=O) groups excluding carboxylic acids is 1. The normalized spacial score (nSPS) is 16.3. The Morgan fingerprint density at radius 2 is 2.00 bits per heavy atom. The van der Waals surface area contributed by atoms with Gasteiger partial charge < -0.3 is 9.73 Å². The second kappa shape index (κ2) is 7.83. The first-order chi connectivity index (χ1) is 14.3. The monoisotopic (exact) mass is 404 g/mol. The minimum Gasteiger partial charge on any atom is -0.436 e. The molecular formula is C22H20N4O2S. The number of benzene rings is 1. The van der Waals surface area contributed by atoms with E-state index in [9.17, 15) is 4.79 Å². The summed E-state index contributed by atoms with van der Waals surface area (Å²) in [4.78, 5) is 27.3. The van der Waals surface area contributed by atoms with Crippen molar-refractivity contribution in [1.82, 2.24) is 15.3 Å². The molecule has 1 N–H and O–H groups in total. The van der Waals surface area contributed by atoms with E-state index in [1.54, 1.807) is 6.20 Å². The molecule has 0 unspecified atom stereocenters. The topological polar surface area (TPSA) is 80.4 Å². The summed E-state index contributed by atoms with van der Waals surface area (Å²) in [6.07, 6.45) is 8.89. The zero-order valence-electron chi connectivity index (χ0n) is 15.8. The van der Waals surface area contributed by atoms with Crippen molar-refractivity contribution < 1.29 is 9.21 Å². The van der Waals surface area contributed by atoms with E-state index in [1.165, 1.54) is 37.4 Å². The standard InChI is InChI=1S/C22H20N4O2S/c27-21(25-15-6-2-1-3-7-15)14-9-10-18-17(12-14)26-19(16-8-4-5-11-23-16)20-22(29-18)28-13-24-20/h4-5,8-13,15H,1-3,6-7H2,(H,25,27). The van der Waals surface area contributed by atoms with Crippen molar-refractivity contribution in [2.75, 3.05) is 0 Å². The maximum Gasteiger partial charge on any atom is 0.251 e. The molecule has 6 nitrogen and oxygen atoms in total. The van der Waals surface area contributed by atoms with E-state index in [-0.39, 0.29) is 11.9 Å². The van der Waals surface area contributed by atoms with Gasteiger partial charge in [0.15, 0.2) is 11.5 Å². The number of hydrogen-bond donors (Lipinski definition) is 1. The summed E-state index contributed by atoms with van der Waals surface area (Å²) in [6.45, 7) is 0. The molecular weight excluding hydrogens is 384 g/mol. The lowest BCUT2D eigenvalue weighted by Gasteiger charge is -2.22. The fraction of sp³-hybridized carbons (Fsp3) is 0.273. The van der Waals surface area contributed by atoms with Crippen LogP contribution in [0.1, 0.15) is 53.8 Å². The first kappa shape index (κ1) is 18.1. The van der Waals surface area contributed by atoms with Gasteiger partial charge in [-0.3, -0.25) is 9.78 Å². The quantitative estimate of drug-likeness (QED) is 0.532. The Hall–Kier alpha value is -2.93. The summed E-state index contributed by atoms with van der Waals surface area (Å²) < 4.78 is 5.59. The second-order valence-electron chi connectivity index (χ2n) is 7.26. The minimum atomic E-state index is -0.0432. The van der Waals surface area contributed by atoms with Gasteiger partial charge in [-0.15, -0.1) is 0 Å². The van der Waals surface area contributed by atoms with Crippen LogP contribution in [0.5, 0.6) is 0 Å². The van der Waals surface area contributed by atoms with Gasteiger partial charge in [-0.1, -0.05) is 25.3 Å². The molecule has 29 heavy (non-hydrogen) atoms. The molecule has 3 aromatic rings. The molecule has 5 rings (SSSR count). The number of oxazole rings is 1. The summed E-state index contributed by atoms with van der Waals surface area (Å²) in [7, 11) is 0. The Morgan fingerprint density at radius 1 is 1.10 bits per heavy atom. The second-order valence-corrected chi connectivity index (χ2v) is 8.27. The van der Waals surface area contributed by atoms with Crippen LogP contribution in [-0.4, -0.2) is 27.6 Å². The Morgan fingerprint density at radius 3 is 2.83 bits per heavy atom. The van der Waals surface area contributed by atoms with Gasteiger partial charge in [0.1, 0.15) is 11.4 Å². The van der Waals surface area contributed by atoms with E-state index in [0.717, 1.165) is 23.4 Å². The number of amides is 1. The Bertz CT molecular complexity index is 1070. The molecule has 2 aromatic heterocycles. The van der Waals surface area contributed by atoms with Crippen LogP contribution in [0.25, 0.3) is 0 Å². The van der Waals surface area contributed by atoms with Crippen molar-refractivity contribution in [3.05, 3.63) is 65.9 Å². The van der Waals surface area contributed by atoms with E-state index in [0.29, 0.717) is 27.8 Å². The van der Waals surface area contributed by atoms with Gasteiger partial charge in [-0.05, 0) is 54.9 Å². The summed E-state index contributed by atoms with van der Waals surface area (Å²) in [6, 6.07) is 11.6. The molecule has 1 amide bonds. The molecule has 1 aliphatic heterocycles. The molecule has 1 saturated carbocycles. The third kappa shape index (κ3) is 3.70.